The third-order valence-electron chi connectivity index (χ3n) is 3.78. The molecule has 0 atom stereocenters. The molecule has 1 aliphatic carbocycles. The SMILES string of the molecule is Cc1cc(CCN)cc(C)c1OCC(=O)N(C)C1CC1. The van der Waals surface area contributed by atoms with E-state index in [1.165, 1.54) is 5.56 Å². The Morgan fingerprint density at radius 2 is 1.95 bits per heavy atom. The number of nitrogens with zero attached hydrogens (tertiary/aromatic N) is 1. The minimum absolute atomic E-state index is 0.0531. The molecule has 0 radical (unpaired) electrons. The first-order valence-corrected chi connectivity index (χ1v) is 7.21. The van der Waals surface area contributed by atoms with Crippen LogP contribution in [0.4, 0.5) is 0 Å². The maximum atomic E-state index is 12.0. The van der Waals surface area contributed by atoms with Crippen LogP contribution in [0, 0.1) is 13.8 Å². The van der Waals surface area contributed by atoms with Gasteiger partial charge in [-0.05, 0) is 56.3 Å². The van der Waals surface area contributed by atoms with E-state index in [9.17, 15) is 4.79 Å². The predicted molar refractivity (Wildman–Crippen MR) is 80.0 cm³/mol. The number of likely N-dealkylation sites (N-methyl/N-ethyl adjacent to an activating group) is 1. The van der Waals surface area contributed by atoms with Crippen LogP contribution in [-0.4, -0.2) is 37.0 Å². The quantitative estimate of drug-likeness (QED) is 0.862. The molecular formula is C16H24N2O2. The highest BCUT2D eigenvalue weighted by Gasteiger charge is 2.29. The molecular weight excluding hydrogens is 252 g/mol. The number of benzene rings is 1. The third-order valence-corrected chi connectivity index (χ3v) is 3.78. The van der Waals surface area contributed by atoms with Gasteiger partial charge in [-0.15, -0.1) is 0 Å². The summed E-state index contributed by atoms with van der Waals surface area (Å²) in [4.78, 5) is 13.8. The van der Waals surface area contributed by atoms with Gasteiger partial charge < -0.3 is 15.4 Å². The first-order chi connectivity index (χ1) is 9.52. The molecule has 0 bridgehead atoms. The van der Waals surface area contributed by atoms with Gasteiger partial charge in [-0.3, -0.25) is 4.79 Å². The Morgan fingerprint density at radius 3 is 2.45 bits per heavy atom. The van der Waals surface area contributed by atoms with Gasteiger partial charge >= 0.3 is 0 Å². The van der Waals surface area contributed by atoms with Gasteiger partial charge in [0.25, 0.3) is 5.91 Å². The first-order valence-electron chi connectivity index (χ1n) is 7.21. The molecule has 1 saturated carbocycles. The van der Waals surface area contributed by atoms with E-state index in [-0.39, 0.29) is 12.5 Å². The molecule has 1 aliphatic rings. The average molecular weight is 276 g/mol. The zero-order chi connectivity index (χ0) is 14.7. The van der Waals surface area contributed by atoms with Gasteiger partial charge in [-0.2, -0.15) is 0 Å². The van der Waals surface area contributed by atoms with Crippen LogP contribution in [0.3, 0.4) is 0 Å². The lowest BCUT2D eigenvalue weighted by atomic mass is 10.0. The summed E-state index contributed by atoms with van der Waals surface area (Å²) in [6, 6.07) is 4.61. The summed E-state index contributed by atoms with van der Waals surface area (Å²) >= 11 is 0. The number of aryl methyl sites for hydroxylation is 2. The van der Waals surface area contributed by atoms with E-state index in [0.717, 1.165) is 36.1 Å². The predicted octanol–water partition coefficient (Wildman–Crippen LogP) is 1.80. The van der Waals surface area contributed by atoms with Crippen molar-refractivity contribution in [3.8, 4) is 5.75 Å². The van der Waals surface area contributed by atoms with E-state index in [1.54, 1.807) is 4.90 Å². The number of hydrogen-bond acceptors (Lipinski definition) is 3. The van der Waals surface area contributed by atoms with Gasteiger partial charge in [0.15, 0.2) is 6.61 Å². The Hall–Kier alpha value is -1.55. The molecule has 0 aromatic heterocycles. The lowest BCUT2D eigenvalue weighted by Gasteiger charge is -2.18. The number of amides is 1. The Bertz CT molecular complexity index is 472. The Kier molecular flexibility index (Phi) is 4.65. The highest BCUT2D eigenvalue weighted by Crippen LogP contribution is 2.27. The molecule has 4 nitrogen and oxygen atoms in total. The number of hydrogen-bond donors (Lipinski definition) is 1. The van der Waals surface area contributed by atoms with Gasteiger partial charge in [0.05, 0.1) is 0 Å². The second-order valence-electron chi connectivity index (χ2n) is 5.62. The fraction of sp³-hybridized carbons (Fsp3) is 0.562. The van der Waals surface area contributed by atoms with E-state index in [1.807, 2.05) is 20.9 Å². The smallest absolute Gasteiger partial charge is 0.260 e. The molecule has 1 fully saturated rings. The van der Waals surface area contributed by atoms with Crippen molar-refractivity contribution in [3.63, 3.8) is 0 Å². The summed E-state index contributed by atoms with van der Waals surface area (Å²) in [5, 5.41) is 0. The van der Waals surface area contributed by atoms with Crippen LogP contribution in [0.15, 0.2) is 12.1 Å². The van der Waals surface area contributed by atoms with E-state index >= 15 is 0 Å². The Labute approximate surface area is 120 Å². The second-order valence-corrected chi connectivity index (χ2v) is 5.62. The molecule has 1 aromatic carbocycles. The second kappa shape index (κ2) is 6.27. The fourth-order valence-electron chi connectivity index (χ4n) is 2.48. The van der Waals surface area contributed by atoms with E-state index in [0.29, 0.717) is 12.6 Å². The van der Waals surface area contributed by atoms with Crippen molar-refractivity contribution in [2.45, 2.75) is 39.2 Å². The van der Waals surface area contributed by atoms with Crippen molar-refractivity contribution >= 4 is 5.91 Å². The number of carbonyl (C=O) groups excluding carboxylic acids is 1. The Morgan fingerprint density at radius 1 is 1.35 bits per heavy atom. The molecule has 1 amide bonds. The largest absolute Gasteiger partial charge is 0.483 e. The van der Waals surface area contributed by atoms with E-state index < -0.39 is 0 Å². The third kappa shape index (κ3) is 3.51. The molecule has 2 rings (SSSR count). The fourth-order valence-corrected chi connectivity index (χ4v) is 2.48. The zero-order valence-electron chi connectivity index (χ0n) is 12.6. The summed E-state index contributed by atoms with van der Waals surface area (Å²) in [5.74, 6) is 0.876. The van der Waals surface area contributed by atoms with Crippen LogP contribution < -0.4 is 10.5 Å². The van der Waals surface area contributed by atoms with Crippen LogP contribution in [0.5, 0.6) is 5.75 Å². The van der Waals surface area contributed by atoms with Crippen molar-refractivity contribution in [3.05, 3.63) is 28.8 Å². The molecule has 1 aromatic rings. The number of rotatable bonds is 6. The lowest BCUT2D eigenvalue weighted by molar-refractivity contribution is -0.132. The van der Waals surface area contributed by atoms with Gasteiger partial charge in [0.1, 0.15) is 5.75 Å². The zero-order valence-corrected chi connectivity index (χ0v) is 12.6. The topological polar surface area (TPSA) is 55.6 Å². The molecule has 110 valence electrons. The van der Waals surface area contributed by atoms with Crippen molar-refractivity contribution in [2.24, 2.45) is 5.73 Å². The lowest BCUT2D eigenvalue weighted by Crippen LogP contribution is -2.33. The van der Waals surface area contributed by atoms with Crippen molar-refractivity contribution in [1.82, 2.24) is 4.90 Å². The van der Waals surface area contributed by atoms with Gasteiger partial charge in [-0.25, -0.2) is 0 Å². The van der Waals surface area contributed by atoms with Crippen molar-refractivity contribution in [1.29, 1.82) is 0 Å². The van der Waals surface area contributed by atoms with Crippen molar-refractivity contribution in [2.75, 3.05) is 20.2 Å². The molecule has 20 heavy (non-hydrogen) atoms. The maximum Gasteiger partial charge on any atom is 0.260 e. The number of carbonyl (C=O) groups is 1. The van der Waals surface area contributed by atoms with Crippen LogP contribution in [0.1, 0.15) is 29.5 Å². The highest BCUT2D eigenvalue weighted by atomic mass is 16.5. The average Bonchev–Trinajstić information content (AvgIpc) is 3.21. The molecule has 0 spiro atoms. The molecule has 4 heteroatoms. The standard InChI is InChI=1S/C16H24N2O2/c1-11-8-13(6-7-17)9-12(2)16(11)20-10-15(19)18(3)14-4-5-14/h8-9,14H,4-7,10,17H2,1-3H3. The molecule has 0 saturated heterocycles. The summed E-state index contributed by atoms with van der Waals surface area (Å²) in [7, 11) is 1.85. The summed E-state index contributed by atoms with van der Waals surface area (Å²) in [6.45, 7) is 4.78. The molecule has 0 unspecified atom stereocenters. The van der Waals surface area contributed by atoms with Crippen LogP contribution >= 0.6 is 0 Å². The molecule has 0 heterocycles. The first kappa shape index (κ1) is 14.9. The monoisotopic (exact) mass is 276 g/mol. The van der Waals surface area contributed by atoms with Gasteiger partial charge in [0, 0.05) is 13.1 Å². The normalized spacial score (nSPS) is 14.2. The molecule has 2 N–H and O–H groups in total. The number of ether oxygens (including phenoxy) is 1. The Balaban J connectivity index is 2.00. The van der Waals surface area contributed by atoms with Crippen molar-refractivity contribution < 1.29 is 9.53 Å². The maximum absolute atomic E-state index is 12.0. The summed E-state index contributed by atoms with van der Waals surface area (Å²) in [6.07, 6.45) is 3.10. The summed E-state index contributed by atoms with van der Waals surface area (Å²) in [5.41, 5.74) is 8.93. The van der Waals surface area contributed by atoms with E-state index in [4.69, 9.17) is 10.5 Å². The highest BCUT2D eigenvalue weighted by molar-refractivity contribution is 5.78. The number of nitrogens with two attached hydrogens (primary N) is 1. The van der Waals surface area contributed by atoms with E-state index in [2.05, 4.69) is 12.1 Å². The van der Waals surface area contributed by atoms with Gasteiger partial charge in [0.2, 0.25) is 0 Å². The summed E-state index contributed by atoms with van der Waals surface area (Å²) < 4.78 is 5.74. The van der Waals surface area contributed by atoms with Crippen LogP contribution in [0.25, 0.3) is 0 Å². The van der Waals surface area contributed by atoms with Crippen LogP contribution in [-0.2, 0) is 11.2 Å². The van der Waals surface area contributed by atoms with Gasteiger partial charge in [-0.1, -0.05) is 12.1 Å². The minimum atomic E-state index is 0.0531. The van der Waals surface area contributed by atoms with Crippen LogP contribution in [0.2, 0.25) is 0 Å². The molecule has 0 aliphatic heterocycles. The minimum Gasteiger partial charge on any atom is -0.483 e.